The van der Waals surface area contributed by atoms with Crippen LogP contribution in [0.15, 0.2) is 0 Å². The van der Waals surface area contributed by atoms with Crippen LogP contribution in [0.3, 0.4) is 0 Å². The molecule has 0 saturated carbocycles. The van der Waals surface area contributed by atoms with Gasteiger partial charge in [0, 0.05) is 13.6 Å². The van der Waals surface area contributed by atoms with Crippen LogP contribution in [-0.4, -0.2) is 54.1 Å². The Kier molecular flexibility index (Phi) is 5.93. The van der Waals surface area contributed by atoms with Gasteiger partial charge < -0.3 is 15.5 Å². The molecule has 0 atom stereocenters. The van der Waals surface area contributed by atoms with Crippen molar-refractivity contribution in [3.8, 4) is 0 Å². The molecule has 0 aliphatic heterocycles. The maximum atomic E-state index is 5.76. The lowest BCUT2D eigenvalue weighted by Gasteiger charge is -2.09. The number of unbranched alkanes of at least 4 members (excludes halogenated alkanes) is 1. The quantitative estimate of drug-likeness (QED) is 0.719. The Morgan fingerprint density at radius 3 is 2.47 bits per heavy atom. The maximum absolute atomic E-state index is 5.76. The summed E-state index contributed by atoms with van der Waals surface area (Å²) in [5, 5.41) is 6.15. The topological polar surface area (TPSA) is 66.0 Å². The second-order valence-corrected chi connectivity index (χ2v) is 4.28. The molecule has 17 heavy (non-hydrogen) atoms. The van der Waals surface area contributed by atoms with Crippen LogP contribution in [0, 0.1) is 0 Å². The summed E-state index contributed by atoms with van der Waals surface area (Å²) >= 11 is 5.76. The standard InChI is InChI=1S/C10H19ClN6/c1-12-9-14-8(11)15-10(16-9)13-6-4-5-7-17(2)3/h4-7H2,1-3H3,(H2,12,13,14,15,16). The molecule has 0 bridgehead atoms. The van der Waals surface area contributed by atoms with Crippen LogP contribution in [0.5, 0.6) is 0 Å². The summed E-state index contributed by atoms with van der Waals surface area (Å²) in [7, 11) is 5.88. The fraction of sp³-hybridized carbons (Fsp3) is 0.700. The van der Waals surface area contributed by atoms with E-state index in [0.29, 0.717) is 11.9 Å². The van der Waals surface area contributed by atoms with E-state index < -0.39 is 0 Å². The van der Waals surface area contributed by atoms with Crippen molar-refractivity contribution in [1.82, 2.24) is 19.9 Å². The molecule has 0 radical (unpaired) electrons. The predicted molar refractivity (Wildman–Crippen MR) is 70.7 cm³/mol. The summed E-state index contributed by atoms with van der Waals surface area (Å²) in [5.74, 6) is 0.986. The normalized spacial score (nSPS) is 10.6. The van der Waals surface area contributed by atoms with Gasteiger partial charge in [0.15, 0.2) is 0 Å². The number of aromatic nitrogens is 3. The third kappa shape index (κ3) is 5.65. The first-order valence-corrected chi connectivity index (χ1v) is 5.97. The van der Waals surface area contributed by atoms with Crippen molar-refractivity contribution in [2.24, 2.45) is 0 Å². The number of anilines is 2. The van der Waals surface area contributed by atoms with E-state index in [2.05, 4.69) is 44.6 Å². The Hall–Kier alpha value is -1.14. The van der Waals surface area contributed by atoms with Gasteiger partial charge in [0.1, 0.15) is 0 Å². The molecular formula is C10H19ClN6. The van der Waals surface area contributed by atoms with E-state index in [1.165, 1.54) is 0 Å². The molecule has 6 nitrogen and oxygen atoms in total. The van der Waals surface area contributed by atoms with Crippen LogP contribution in [0.2, 0.25) is 5.28 Å². The minimum atomic E-state index is 0.195. The van der Waals surface area contributed by atoms with E-state index in [1.807, 2.05) is 0 Å². The van der Waals surface area contributed by atoms with Gasteiger partial charge >= 0.3 is 0 Å². The Balaban J connectivity index is 2.33. The van der Waals surface area contributed by atoms with Crippen molar-refractivity contribution in [3.05, 3.63) is 5.28 Å². The molecule has 2 N–H and O–H groups in total. The third-order valence-electron chi connectivity index (χ3n) is 2.15. The third-order valence-corrected chi connectivity index (χ3v) is 2.32. The highest BCUT2D eigenvalue weighted by atomic mass is 35.5. The first-order chi connectivity index (χ1) is 8.11. The molecular weight excluding hydrogens is 240 g/mol. The molecule has 1 rings (SSSR count). The van der Waals surface area contributed by atoms with Crippen molar-refractivity contribution in [3.63, 3.8) is 0 Å². The molecule has 0 saturated heterocycles. The average molecular weight is 259 g/mol. The van der Waals surface area contributed by atoms with Crippen LogP contribution in [0.1, 0.15) is 12.8 Å². The number of nitrogens with zero attached hydrogens (tertiary/aromatic N) is 4. The number of halogens is 1. The lowest BCUT2D eigenvalue weighted by Crippen LogP contribution is -2.14. The smallest absolute Gasteiger partial charge is 0.228 e. The molecule has 0 amide bonds. The van der Waals surface area contributed by atoms with Gasteiger partial charge in [0.05, 0.1) is 0 Å². The summed E-state index contributed by atoms with van der Waals surface area (Å²) < 4.78 is 0. The summed E-state index contributed by atoms with van der Waals surface area (Å²) in [6, 6.07) is 0. The van der Waals surface area contributed by atoms with Crippen molar-refractivity contribution < 1.29 is 0 Å². The van der Waals surface area contributed by atoms with Gasteiger partial charge in [0.2, 0.25) is 17.2 Å². The zero-order chi connectivity index (χ0) is 12.7. The monoisotopic (exact) mass is 258 g/mol. The molecule has 0 fully saturated rings. The van der Waals surface area contributed by atoms with Crippen LogP contribution >= 0.6 is 11.6 Å². The van der Waals surface area contributed by atoms with Crippen molar-refractivity contribution >= 4 is 23.5 Å². The Bertz CT molecular complexity index is 344. The zero-order valence-corrected chi connectivity index (χ0v) is 11.3. The molecule has 0 aliphatic rings. The minimum absolute atomic E-state index is 0.195. The molecule has 7 heteroatoms. The van der Waals surface area contributed by atoms with E-state index in [1.54, 1.807) is 7.05 Å². The second-order valence-electron chi connectivity index (χ2n) is 3.94. The average Bonchev–Trinajstić information content (AvgIpc) is 2.27. The Morgan fingerprint density at radius 2 is 1.82 bits per heavy atom. The van der Waals surface area contributed by atoms with Gasteiger partial charge in [0.25, 0.3) is 0 Å². The van der Waals surface area contributed by atoms with Gasteiger partial charge in [-0.2, -0.15) is 15.0 Å². The molecule has 0 unspecified atom stereocenters. The number of hydrogen-bond acceptors (Lipinski definition) is 6. The molecule has 1 aromatic rings. The Morgan fingerprint density at radius 1 is 1.12 bits per heavy atom. The lowest BCUT2D eigenvalue weighted by atomic mass is 10.3. The van der Waals surface area contributed by atoms with Gasteiger partial charge in [-0.3, -0.25) is 0 Å². The summed E-state index contributed by atoms with van der Waals surface area (Å²) in [6.07, 6.45) is 2.20. The molecule has 0 aromatic carbocycles. The highest BCUT2D eigenvalue weighted by Crippen LogP contribution is 2.08. The van der Waals surface area contributed by atoms with E-state index in [4.69, 9.17) is 11.6 Å². The zero-order valence-electron chi connectivity index (χ0n) is 10.5. The van der Waals surface area contributed by atoms with Gasteiger partial charge in [-0.1, -0.05) is 0 Å². The Labute approximate surface area is 107 Å². The number of nitrogens with one attached hydrogen (secondary N) is 2. The van der Waals surface area contributed by atoms with E-state index in [0.717, 1.165) is 25.9 Å². The highest BCUT2D eigenvalue weighted by Gasteiger charge is 2.02. The molecule has 96 valence electrons. The summed E-state index contributed by atoms with van der Waals surface area (Å²) in [5.41, 5.74) is 0. The van der Waals surface area contributed by atoms with Gasteiger partial charge in [-0.05, 0) is 45.1 Å². The lowest BCUT2D eigenvalue weighted by molar-refractivity contribution is 0.396. The van der Waals surface area contributed by atoms with E-state index in [-0.39, 0.29) is 5.28 Å². The van der Waals surface area contributed by atoms with Crippen LogP contribution in [-0.2, 0) is 0 Å². The largest absolute Gasteiger partial charge is 0.357 e. The fourth-order valence-corrected chi connectivity index (χ4v) is 1.45. The number of hydrogen-bond donors (Lipinski definition) is 2. The van der Waals surface area contributed by atoms with Crippen molar-refractivity contribution in [1.29, 1.82) is 0 Å². The van der Waals surface area contributed by atoms with Crippen LogP contribution < -0.4 is 10.6 Å². The summed E-state index contributed by atoms with van der Waals surface area (Å²) in [6.45, 7) is 1.92. The SMILES string of the molecule is CNc1nc(Cl)nc(NCCCCN(C)C)n1. The maximum Gasteiger partial charge on any atom is 0.228 e. The van der Waals surface area contributed by atoms with Crippen molar-refractivity contribution in [2.75, 3.05) is 44.9 Å². The minimum Gasteiger partial charge on any atom is -0.357 e. The first-order valence-electron chi connectivity index (χ1n) is 5.59. The van der Waals surface area contributed by atoms with E-state index >= 15 is 0 Å². The fourth-order valence-electron chi connectivity index (χ4n) is 1.29. The van der Waals surface area contributed by atoms with Crippen LogP contribution in [0.25, 0.3) is 0 Å². The van der Waals surface area contributed by atoms with Gasteiger partial charge in [-0.15, -0.1) is 0 Å². The highest BCUT2D eigenvalue weighted by molar-refractivity contribution is 6.28. The summed E-state index contributed by atoms with van der Waals surface area (Å²) in [4.78, 5) is 14.2. The molecule has 1 heterocycles. The first kappa shape index (κ1) is 13.9. The molecule has 1 aromatic heterocycles. The van der Waals surface area contributed by atoms with E-state index in [9.17, 15) is 0 Å². The van der Waals surface area contributed by atoms with Gasteiger partial charge in [-0.25, -0.2) is 0 Å². The molecule has 0 aliphatic carbocycles. The van der Waals surface area contributed by atoms with Crippen molar-refractivity contribution in [2.45, 2.75) is 12.8 Å². The second kappa shape index (κ2) is 7.24. The number of rotatable bonds is 7. The van der Waals surface area contributed by atoms with Crippen LogP contribution in [0.4, 0.5) is 11.9 Å². The molecule has 0 spiro atoms. The predicted octanol–water partition coefficient (Wildman–Crippen LogP) is 1.32.